The van der Waals surface area contributed by atoms with Crippen LogP contribution in [0.5, 0.6) is 0 Å². The number of carbonyl (C=O) groups excluding carboxylic acids is 3. The van der Waals surface area contributed by atoms with E-state index in [9.17, 15) is 14.4 Å². The number of hydrogen-bond acceptors (Lipinski definition) is 6. The lowest BCUT2D eigenvalue weighted by Crippen LogP contribution is -2.56. The van der Waals surface area contributed by atoms with Crippen molar-refractivity contribution in [3.8, 4) is 0 Å². The van der Waals surface area contributed by atoms with E-state index in [2.05, 4.69) is 45.9 Å². The maximum absolute atomic E-state index is 14.4. The van der Waals surface area contributed by atoms with Crippen LogP contribution in [0.2, 0.25) is 0 Å². The van der Waals surface area contributed by atoms with Crippen molar-refractivity contribution < 1.29 is 19.1 Å². The van der Waals surface area contributed by atoms with Crippen molar-refractivity contribution >= 4 is 35.2 Å². The van der Waals surface area contributed by atoms with Crippen molar-refractivity contribution in [2.45, 2.75) is 86.5 Å². The summed E-state index contributed by atoms with van der Waals surface area (Å²) in [4.78, 5) is 47.7. The molecule has 9 heteroatoms. The number of fused-ring (bicyclic) bond motifs is 1. The first-order chi connectivity index (χ1) is 22.9. The highest BCUT2D eigenvalue weighted by Gasteiger charge is 2.72. The molecular weight excluding hydrogens is 609 g/mol. The maximum atomic E-state index is 14.4. The monoisotopic (exact) mass is 656 g/mol. The fourth-order valence-electron chi connectivity index (χ4n) is 8.79. The maximum Gasteiger partial charge on any atom is 0.246 e. The zero-order chi connectivity index (χ0) is 32.4. The van der Waals surface area contributed by atoms with Crippen molar-refractivity contribution in [2.75, 3.05) is 37.8 Å². The molecule has 4 aliphatic heterocycles. The third-order valence-corrected chi connectivity index (χ3v) is 11.9. The van der Waals surface area contributed by atoms with Crippen molar-refractivity contribution in [1.82, 2.24) is 15.1 Å². The van der Waals surface area contributed by atoms with Gasteiger partial charge in [-0.2, -0.15) is 0 Å². The Morgan fingerprint density at radius 2 is 1.74 bits per heavy atom. The molecule has 250 valence electrons. The van der Waals surface area contributed by atoms with E-state index in [-0.39, 0.29) is 23.8 Å². The number of benzene rings is 2. The molecule has 5 atom stereocenters. The molecule has 1 saturated carbocycles. The minimum absolute atomic E-state index is 0.117. The Hall–Kier alpha value is -3.14. The van der Waals surface area contributed by atoms with Gasteiger partial charge in [0.05, 0.1) is 17.9 Å². The molecule has 4 heterocycles. The van der Waals surface area contributed by atoms with E-state index in [4.69, 9.17) is 4.74 Å². The predicted molar refractivity (Wildman–Crippen MR) is 185 cm³/mol. The van der Waals surface area contributed by atoms with Crippen LogP contribution in [0.15, 0.2) is 71.6 Å². The van der Waals surface area contributed by atoms with Crippen LogP contribution in [0.4, 0.5) is 5.69 Å². The van der Waals surface area contributed by atoms with E-state index in [1.54, 1.807) is 16.7 Å². The van der Waals surface area contributed by atoms with Gasteiger partial charge in [0.2, 0.25) is 17.7 Å². The van der Waals surface area contributed by atoms with Gasteiger partial charge in [-0.15, -0.1) is 11.8 Å². The molecule has 0 radical (unpaired) electrons. The molecule has 0 aromatic heterocycles. The topological polar surface area (TPSA) is 91.0 Å². The van der Waals surface area contributed by atoms with E-state index < -0.39 is 29.6 Å². The molecule has 1 aliphatic carbocycles. The number of carbonyl (C=O) groups is 3. The van der Waals surface area contributed by atoms with Crippen molar-refractivity contribution in [3.63, 3.8) is 0 Å². The average Bonchev–Trinajstić information content (AvgIpc) is 3.74. The smallest absolute Gasteiger partial charge is 0.246 e. The Morgan fingerprint density at radius 3 is 2.51 bits per heavy atom. The lowest BCUT2D eigenvalue weighted by atomic mass is 9.74. The second-order valence-electron chi connectivity index (χ2n) is 14.1. The van der Waals surface area contributed by atoms with Crippen LogP contribution in [0.1, 0.15) is 56.9 Å². The molecule has 47 heavy (non-hydrogen) atoms. The van der Waals surface area contributed by atoms with Gasteiger partial charge in [-0.25, -0.2) is 0 Å². The average molecular weight is 657 g/mol. The molecule has 5 aliphatic rings. The number of likely N-dealkylation sites (tertiary alicyclic amines) is 2. The highest BCUT2D eigenvalue weighted by atomic mass is 32.2. The van der Waals surface area contributed by atoms with E-state index in [0.29, 0.717) is 18.2 Å². The van der Waals surface area contributed by atoms with E-state index >= 15 is 0 Å². The molecular formula is C38H48N4O4S. The molecule has 2 N–H and O–H groups in total. The van der Waals surface area contributed by atoms with Crippen molar-refractivity contribution in [2.24, 2.45) is 17.8 Å². The van der Waals surface area contributed by atoms with Crippen molar-refractivity contribution in [3.05, 3.63) is 72.3 Å². The first-order valence-electron chi connectivity index (χ1n) is 17.6. The highest BCUT2D eigenvalue weighted by Crippen LogP contribution is 2.55. The van der Waals surface area contributed by atoms with Gasteiger partial charge in [0, 0.05) is 23.2 Å². The van der Waals surface area contributed by atoms with Crippen LogP contribution in [-0.4, -0.2) is 83.7 Å². The largest absolute Gasteiger partial charge is 0.359 e. The minimum Gasteiger partial charge on any atom is -0.359 e. The summed E-state index contributed by atoms with van der Waals surface area (Å²) in [6.45, 7) is 3.45. The summed E-state index contributed by atoms with van der Waals surface area (Å²) < 4.78 is 6.57. The fourth-order valence-corrected chi connectivity index (χ4v) is 9.25. The Kier molecular flexibility index (Phi) is 9.76. The normalized spacial score (nSPS) is 29.3. The molecule has 2 bridgehead atoms. The molecule has 2 aromatic carbocycles. The quantitative estimate of drug-likeness (QED) is 0.253. The molecule has 2 aromatic rings. The van der Waals surface area contributed by atoms with Gasteiger partial charge < -0.3 is 25.2 Å². The van der Waals surface area contributed by atoms with Gasteiger partial charge >= 0.3 is 0 Å². The lowest BCUT2D eigenvalue weighted by molar-refractivity contribution is -0.141. The zero-order valence-corrected chi connectivity index (χ0v) is 28.3. The van der Waals surface area contributed by atoms with Gasteiger partial charge in [-0.1, -0.05) is 67.8 Å². The van der Waals surface area contributed by atoms with E-state index in [1.807, 2.05) is 42.7 Å². The number of anilines is 1. The van der Waals surface area contributed by atoms with Gasteiger partial charge in [0.1, 0.15) is 11.6 Å². The summed E-state index contributed by atoms with van der Waals surface area (Å²) in [6.07, 6.45) is 14.9. The third kappa shape index (κ3) is 6.63. The van der Waals surface area contributed by atoms with Gasteiger partial charge in [0.25, 0.3) is 0 Å². The third-order valence-electron chi connectivity index (χ3n) is 11.2. The molecule has 3 amide bonds. The van der Waals surface area contributed by atoms with Crippen LogP contribution in [0.25, 0.3) is 0 Å². The standard InChI is InChI=1S/C38H48N4O4S/c1-47-30-15-8-14-29(25-30)40-35(43)32-31-16-19-38(46-31)33(32)37(45)42(34(38)36(44)39-28-12-6-3-7-13-28)21-9-20-41-22-17-27(18-23-41)24-26-10-4-2-5-11-26/h2,4-5,8,10-11,14-16,19,25,27-28,31-34H,3,6-7,9,12-13,17-18,20-24H2,1H3,(H,39,44)(H,40,43)/t31-,32+,33-,34+,38-/m1/s1. The number of nitrogens with zero attached hydrogens (tertiary/aromatic N) is 2. The van der Waals surface area contributed by atoms with Crippen LogP contribution < -0.4 is 10.6 Å². The number of thioether (sulfide) groups is 1. The summed E-state index contributed by atoms with van der Waals surface area (Å²) in [7, 11) is 0. The Morgan fingerprint density at radius 1 is 0.957 bits per heavy atom. The van der Waals surface area contributed by atoms with Crippen LogP contribution >= 0.6 is 11.8 Å². The Labute approximate surface area is 283 Å². The SMILES string of the molecule is CSc1cccc(NC(=O)[C@H]2[C@H]3C=C[C@]4(O3)[C@H](C(=O)NC3CCCCC3)N(CCCN3CCC(Cc5ccccc5)CC3)C(=O)[C@@H]24)c1. The summed E-state index contributed by atoms with van der Waals surface area (Å²) in [5.41, 5.74) is 0.982. The Bertz CT molecular complexity index is 1470. The highest BCUT2D eigenvalue weighted by molar-refractivity contribution is 7.98. The summed E-state index contributed by atoms with van der Waals surface area (Å²) in [5.74, 6) is -1.23. The Balaban J connectivity index is 1.04. The molecule has 1 spiro atoms. The predicted octanol–water partition coefficient (Wildman–Crippen LogP) is 5.29. The van der Waals surface area contributed by atoms with Crippen molar-refractivity contribution in [1.29, 1.82) is 0 Å². The number of piperidine rings is 1. The molecule has 8 nitrogen and oxygen atoms in total. The number of amides is 3. The first-order valence-corrected chi connectivity index (χ1v) is 18.9. The van der Waals surface area contributed by atoms with Crippen LogP contribution in [-0.2, 0) is 25.5 Å². The molecule has 4 fully saturated rings. The zero-order valence-electron chi connectivity index (χ0n) is 27.4. The molecule has 7 rings (SSSR count). The van der Waals surface area contributed by atoms with Gasteiger partial charge in [-0.3, -0.25) is 14.4 Å². The minimum atomic E-state index is -1.13. The second kappa shape index (κ2) is 14.1. The number of rotatable bonds is 11. The van der Waals surface area contributed by atoms with Crippen LogP contribution in [0, 0.1) is 17.8 Å². The van der Waals surface area contributed by atoms with E-state index in [0.717, 1.165) is 63.1 Å². The van der Waals surface area contributed by atoms with Crippen LogP contribution in [0.3, 0.4) is 0 Å². The number of hydrogen-bond donors (Lipinski definition) is 2. The number of ether oxygens (including phenoxy) is 1. The van der Waals surface area contributed by atoms with E-state index in [1.165, 1.54) is 24.8 Å². The summed E-state index contributed by atoms with van der Waals surface area (Å²) in [5, 5.41) is 6.36. The molecule has 3 saturated heterocycles. The van der Waals surface area contributed by atoms with Gasteiger partial charge in [0.15, 0.2) is 0 Å². The summed E-state index contributed by atoms with van der Waals surface area (Å²) >= 11 is 1.61. The van der Waals surface area contributed by atoms with Gasteiger partial charge in [-0.05, 0) is 94.1 Å². The second-order valence-corrected chi connectivity index (χ2v) is 15.0. The number of nitrogens with one attached hydrogen (secondary N) is 2. The first kappa shape index (κ1) is 32.4. The summed E-state index contributed by atoms with van der Waals surface area (Å²) in [6, 6.07) is 17.8. The lowest BCUT2D eigenvalue weighted by Gasteiger charge is -2.35. The fraction of sp³-hybridized carbons (Fsp3) is 0.553. The molecule has 0 unspecified atom stereocenters.